The number of thioether (sulfide) groups is 1. The van der Waals surface area contributed by atoms with Crippen LogP contribution in [0.2, 0.25) is 0 Å². The Hall–Kier alpha value is -2.08. The molecule has 1 atom stereocenters. The predicted molar refractivity (Wildman–Crippen MR) is 104 cm³/mol. The van der Waals surface area contributed by atoms with Gasteiger partial charge in [-0.2, -0.15) is 0 Å². The van der Waals surface area contributed by atoms with Crippen molar-refractivity contribution in [1.29, 1.82) is 0 Å². The Morgan fingerprint density at radius 2 is 1.72 bits per heavy atom. The molecule has 2 aromatic carbocycles. The summed E-state index contributed by atoms with van der Waals surface area (Å²) in [6.45, 7) is 0. The molecule has 2 N–H and O–H groups in total. The average molecular weight is 370 g/mol. The number of benzene rings is 2. The quantitative estimate of drug-likeness (QED) is 0.349. The molecular weight excluding hydrogens is 350 g/mol. The van der Waals surface area contributed by atoms with Crippen LogP contribution in [0.4, 0.5) is 0 Å². The molecule has 1 heterocycles. The second kappa shape index (κ2) is 8.85. The summed E-state index contributed by atoms with van der Waals surface area (Å²) < 4.78 is 1.17. The Labute approximate surface area is 155 Å². The zero-order chi connectivity index (χ0) is 17.5. The zero-order valence-corrected chi connectivity index (χ0v) is 15.2. The molecule has 5 heteroatoms. The van der Waals surface area contributed by atoms with Gasteiger partial charge in [-0.05, 0) is 34.6 Å². The Morgan fingerprint density at radius 3 is 2.40 bits per heavy atom. The van der Waals surface area contributed by atoms with E-state index in [9.17, 15) is 4.79 Å². The van der Waals surface area contributed by atoms with E-state index in [1.54, 1.807) is 28.6 Å². The largest absolute Gasteiger partial charge is 0.289 e. The van der Waals surface area contributed by atoms with Gasteiger partial charge in [-0.25, -0.2) is 5.48 Å². The van der Waals surface area contributed by atoms with Crippen molar-refractivity contribution >= 4 is 29.0 Å². The predicted octanol–water partition coefficient (Wildman–Crippen LogP) is 5.01. The van der Waals surface area contributed by atoms with Crippen LogP contribution in [0.15, 0.2) is 76.3 Å². The van der Waals surface area contributed by atoms with Gasteiger partial charge in [0.05, 0.1) is 4.21 Å². The normalized spacial score (nSPS) is 11.9. The molecule has 3 nitrogen and oxygen atoms in total. The van der Waals surface area contributed by atoms with Crippen LogP contribution < -0.4 is 5.48 Å². The van der Waals surface area contributed by atoms with Crippen LogP contribution in [-0.4, -0.2) is 16.4 Å². The standard InChI is InChI=1S/C20H19NO2S2/c22-19(21-23)13-18(11-15-7-3-1-4-8-15)25-20-12-17(14-24-20)16-9-5-2-6-10-16/h1-10,12,14,18,23H,11,13H2,(H,21,22). The fourth-order valence-corrected chi connectivity index (χ4v) is 5.06. The molecule has 0 fully saturated rings. The van der Waals surface area contributed by atoms with Crippen molar-refractivity contribution in [1.82, 2.24) is 5.48 Å². The minimum Gasteiger partial charge on any atom is -0.289 e. The molecule has 0 aliphatic heterocycles. The van der Waals surface area contributed by atoms with Crippen molar-refractivity contribution in [3.05, 3.63) is 77.7 Å². The maximum Gasteiger partial charge on any atom is 0.244 e. The summed E-state index contributed by atoms with van der Waals surface area (Å²) in [5, 5.41) is 11.1. The van der Waals surface area contributed by atoms with Crippen LogP contribution in [0.1, 0.15) is 12.0 Å². The lowest BCUT2D eigenvalue weighted by Gasteiger charge is -2.14. The van der Waals surface area contributed by atoms with Gasteiger partial charge in [0, 0.05) is 11.7 Å². The van der Waals surface area contributed by atoms with Crippen molar-refractivity contribution in [2.45, 2.75) is 22.3 Å². The molecule has 0 radical (unpaired) electrons. The summed E-state index contributed by atoms with van der Waals surface area (Å²) in [6, 6.07) is 22.5. The summed E-state index contributed by atoms with van der Waals surface area (Å²) in [5.41, 5.74) is 5.32. The van der Waals surface area contributed by atoms with E-state index in [4.69, 9.17) is 5.21 Å². The van der Waals surface area contributed by atoms with Crippen molar-refractivity contribution in [3.63, 3.8) is 0 Å². The van der Waals surface area contributed by atoms with Gasteiger partial charge in [-0.15, -0.1) is 23.1 Å². The summed E-state index contributed by atoms with van der Waals surface area (Å²) in [6.07, 6.45) is 1.05. The fraction of sp³-hybridized carbons (Fsp3) is 0.150. The van der Waals surface area contributed by atoms with Crippen LogP contribution >= 0.6 is 23.1 Å². The van der Waals surface area contributed by atoms with E-state index in [0.717, 1.165) is 6.42 Å². The number of rotatable bonds is 7. The van der Waals surface area contributed by atoms with Crippen molar-refractivity contribution in [2.24, 2.45) is 0 Å². The number of carbonyl (C=O) groups excluding carboxylic acids is 1. The monoisotopic (exact) mass is 369 g/mol. The molecule has 0 saturated heterocycles. The maximum atomic E-state index is 11.7. The Balaban J connectivity index is 1.73. The minimum atomic E-state index is -0.353. The summed E-state index contributed by atoms with van der Waals surface area (Å²) in [4.78, 5) is 11.7. The van der Waals surface area contributed by atoms with Crippen LogP contribution in [0.25, 0.3) is 11.1 Å². The first kappa shape index (κ1) is 17.7. The minimum absolute atomic E-state index is 0.0665. The highest BCUT2D eigenvalue weighted by Crippen LogP contribution is 2.36. The van der Waals surface area contributed by atoms with Gasteiger partial charge in [0.1, 0.15) is 0 Å². The van der Waals surface area contributed by atoms with Crippen molar-refractivity contribution < 1.29 is 10.0 Å². The van der Waals surface area contributed by atoms with Gasteiger partial charge >= 0.3 is 0 Å². The average Bonchev–Trinajstić information content (AvgIpc) is 3.11. The van der Waals surface area contributed by atoms with Gasteiger partial charge in [-0.1, -0.05) is 60.7 Å². The lowest BCUT2D eigenvalue weighted by atomic mass is 10.1. The molecular formula is C20H19NO2S2. The topological polar surface area (TPSA) is 49.3 Å². The molecule has 1 unspecified atom stereocenters. The molecule has 1 aromatic heterocycles. The van der Waals surface area contributed by atoms with E-state index in [-0.39, 0.29) is 17.6 Å². The van der Waals surface area contributed by atoms with Crippen LogP contribution in [0.3, 0.4) is 0 Å². The Kier molecular flexibility index (Phi) is 6.28. The molecule has 0 aliphatic carbocycles. The molecule has 25 heavy (non-hydrogen) atoms. The highest BCUT2D eigenvalue weighted by molar-refractivity contribution is 8.01. The molecule has 0 spiro atoms. The molecule has 1 amide bonds. The van der Waals surface area contributed by atoms with Crippen LogP contribution in [0, 0.1) is 0 Å². The highest BCUT2D eigenvalue weighted by atomic mass is 32.2. The molecule has 3 aromatic rings. The first-order valence-corrected chi connectivity index (χ1v) is 9.78. The number of nitrogens with one attached hydrogen (secondary N) is 1. The Bertz CT molecular complexity index is 803. The van der Waals surface area contributed by atoms with E-state index >= 15 is 0 Å². The summed E-state index contributed by atoms with van der Waals surface area (Å²) in [7, 11) is 0. The summed E-state index contributed by atoms with van der Waals surface area (Å²) in [5.74, 6) is -0.353. The number of hydrogen-bond donors (Lipinski definition) is 2. The second-order valence-corrected chi connectivity index (χ2v) is 8.20. The smallest absolute Gasteiger partial charge is 0.244 e. The van der Waals surface area contributed by atoms with Gasteiger partial charge < -0.3 is 0 Å². The first-order chi connectivity index (χ1) is 12.2. The number of hydrogen-bond acceptors (Lipinski definition) is 4. The van der Waals surface area contributed by atoms with E-state index in [1.807, 2.05) is 36.4 Å². The van der Waals surface area contributed by atoms with Gasteiger partial charge in [0.25, 0.3) is 0 Å². The van der Waals surface area contributed by atoms with Crippen LogP contribution in [-0.2, 0) is 11.2 Å². The van der Waals surface area contributed by atoms with Gasteiger partial charge in [0.15, 0.2) is 0 Å². The number of thiophene rings is 1. The molecule has 128 valence electrons. The van der Waals surface area contributed by atoms with Crippen LogP contribution in [0.5, 0.6) is 0 Å². The van der Waals surface area contributed by atoms with Crippen molar-refractivity contribution in [2.75, 3.05) is 0 Å². The van der Waals surface area contributed by atoms with Gasteiger partial charge in [-0.3, -0.25) is 10.0 Å². The summed E-state index contributed by atoms with van der Waals surface area (Å²) >= 11 is 3.38. The third-order valence-electron chi connectivity index (χ3n) is 3.81. The van der Waals surface area contributed by atoms with E-state index in [0.29, 0.717) is 0 Å². The number of amides is 1. The lowest BCUT2D eigenvalue weighted by Crippen LogP contribution is -2.24. The SMILES string of the molecule is O=C(CC(Cc1ccccc1)Sc1cc(-c2ccccc2)cs1)NO. The molecule has 0 bridgehead atoms. The van der Waals surface area contributed by atoms with E-state index in [1.165, 1.54) is 20.9 Å². The zero-order valence-electron chi connectivity index (χ0n) is 13.6. The second-order valence-electron chi connectivity index (χ2n) is 5.69. The van der Waals surface area contributed by atoms with Crippen molar-refractivity contribution in [3.8, 4) is 11.1 Å². The molecule has 0 saturated carbocycles. The maximum absolute atomic E-state index is 11.7. The highest BCUT2D eigenvalue weighted by Gasteiger charge is 2.17. The molecule has 3 rings (SSSR count). The van der Waals surface area contributed by atoms with E-state index in [2.05, 4.69) is 35.7 Å². The van der Waals surface area contributed by atoms with Gasteiger partial charge in [0.2, 0.25) is 5.91 Å². The Morgan fingerprint density at radius 1 is 1.04 bits per heavy atom. The van der Waals surface area contributed by atoms with E-state index < -0.39 is 0 Å². The number of hydroxylamine groups is 1. The molecule has 0 aliphatic rings. The first-order valence-electron chi connectivity index (χ1n) is 8.02. The lowest BCUT2D eigenvalue weighted by molar-refractivity contribution is -0.129. The third-order valence-corrected chi connectivity index (χ3v) is 6.13. The fourth-order valence-electron chi connectivity index (χ4n) is 2.61. The third kappa shape index (κ3) is 5.19. The number of carbonyl (C=O) groups is 1.